The van der Waals surface area contributed by atoms with Gasteiger partial charge in [-0.15, -0.1) is 11.6 Å². The lowest BCUT2D eigenvalue weighted by Crippen LogP contribution is -2.70. The molecule has 0 aromatic heterocycles. The molecule has 6 atom stereocenters. The number of benzene rings is 1. The molecular formula is C21H24Cl3NO. The maximum absolute atomic E-state index is 13.2. The van der Waals surface area contributed by atoms with E-state index in [0.29, 0.717) is 27.9 Å². The fourth-order valence-electron chi connectivity index (χ4n) is 6.78. The average Bonchev–Trinajstić information content (AvgIpc) is 2.55. The van der Waals surface area contributed by atoms with Crippen molar-refractivity contribution in [3.63, 3.8) is 0 Å². The molecule has 1 aromatic carbocycles. The highest BCUT2D eigenvalue weighted by Crippen LogP contribution is 2.63. The van der Waals surface area contributed by atoms with Crippen molar-refractivity contribution in [2.75, 3.05) is 0 Å². The average molecular weight is 413 g/mol. The zero-order chi connectivity index (χ0) is 18.4. The van der Waals surface area contributed by atoms with E-state index in [4.69, 9.17) is 34.8 Å². The number of carbonyl (C=O) groups is 1. The molecule has 26 heavy (non-hydrogen) atoms. The minimum Gasteiger partial charge on any atom is -0.330 e. The quantitative estimate of drug-likeness (QED) is 0.425. The molecular weight excluding hydrogens is 389 g/mol. The molecule has 4 bridgehead atoms. The number of amides is 1. The maximum atomic E-state index is 13.2. The number of β-lactam (4-membered cyclic amide) rings is 1. The van der Waals surface area contributed by atoms with Crippen LogP contribution in [0.4, 0.5) is 0 Å². The van der Waals surface area contributed by atoms with Crippen LogP contribution in [-0.4, -0.2) is 21.7 Å². The molecule has 4 saturated carbocycles. The number of alkyl halides is 1. The Balaban J connectivity index is 1.54. The third kappa shape index (κ3) is 2.28. The normalized spacial score (nSPS) is 42.9. The van der Waals surface area contributed by atoms with Crippen LogP contribution in [0.1, 0.15) is 57.6 Å². The third-order valence-corrected chi connectivity index (χ3v) is 8.79. The molecule has 4 aliphatic carbocycles. The van der Waals surface area contributed by atoms with Gasteiger partial charge < -0.3 is 4.90 Å². The molecule has 0 N–H and O–H groups in total. The van der Waals surface area contributed by atoms with Crippen LogP contribution in [0, 0.1) is 23.2 Å². The molecule has 0 spiro atoms. The minimum atomic E-state index is -0.443. The Hall–Kier alpha value is -0.440. The third-order valence-electron chi connectivity index (χ3n) is 7.49. The van der Waals surface area contributed by atoms with Crippen molar-refractivity contribution in [3.05, 3.63) is 33.8 Å². The van der Waals surface area contributed by atoms with Gasteiger partial charge in [-0.1, -0.05) is 35.3 Å². The van der Waals surface area contributed by atoms with Crippen molar-refractivity contribution in [3.8, 4) is 0 Å². The number of hydrogen-bond acceptors (Lipinski definition) is 1. The molecule has 5 aliphatic rings. The summed E-state index contributed by atoms with van der Waals surface area (Å²) in [6.45, 7) is 4.07. The van der Waals surface area contributed by atoms with Gasteiger partial charge in [0.1, 0.15) is 0 Å². The minimum absolute atomic E-state index is 0.00463. The predicted octanol–water partition coefficient (Wildman–Crippen LogP) is 6.09. The molecule has 1 amide bonds. The monoisotopic (exact) mass is 411 g/mol. The Morgan fingerprint density at radius 1 is 1.08 bits per heavy atom. The lowest BCUT2D eigenvalue weighted by atomic mass is 9.52. The first-order chi connectivity index (χ1) is 12.2. The summed E-state index contributed by atoms with van der Waals surface area (Å²) in [5, 5.41) is 1.14. The largest absolute Gasteiger partial charge is 0.330 e. The van der Waals surface area contributed by atoms with E-state index in [1.165, 1.54) is 12.8 Å². The van der Waals surface area contributed by atoms with Gasteiger partial charge in [0.25, 0.3) is 0 Å². The first-order valence-electron chi connectivity index (χ1n) is 9.67. The van der Waals surface area contributed by atoms with E-state index in [2.05, 4.69) is 4.90 Å². The van der Waals surface area contributed by atoms with Gasteiger partial charge in [0.15, 0.2) is 0 Å². The molecule has 1 aromatic rings. The van der Waals surface area contributed by atoms with Crippen LogP contribution in [0.3, 0.4) is 0 Å². The number of rotatable bonds is 2. The van der Waals surface area contributed by atoms with Crippen LogP contribution in [-0.2, 0) is 4.79 Å². The van der Waals surface area contributed by atoms with Crippen molar-refractivity contribution in [2.24, 2.45) is 23.2 Å². The van der Waals surface area contributed by atoms with Gasteiger partial charge in [-0.05, 0) is 75.3 Å². The molecule has 6 rings (SSSR count). The van der Waals surface area contributed by atoms with Crippen LogP contribution in [0.2, 0.25) is 10.0 Å². The summed E-state index contributed by atoms with van der Waals surface area (Å²) < 4.78 is 0. The van der Waals surface area contributed by atoms with Crippen LogP contribution >= 0.6 is 34.8 Å². The summed E-state index contributed by atoms with van der Waals surface area (Å²) in [6.07, 6.45) is 5.70. The van der Waals surface area contributed by atoms with E-state index in [9.17, 15) is 4.79 Å². The molecule has 4 unspecified atom stereocenters. The lowest BCUT2D eigenvalue weighted by Gasteiger charge is -2.66. The highest BCUT2D eigenvalue weighted by Gasteiger charge is 2.64. The second-order valence-electron chi connectivity index (χ2n) is 9.59. The Kier molecular flexibility index (Phi) is 3.77. The summed E-state index contributed by atoms with van der Waals surface area (Å²) in [7, 11) is 0. The van der Waals surface area contributed by atoms with E-state index in [-0.39, 0.29) is 16.8 Å². The fourth-order valence-corrected chi connectivity index (χ4v) is 7.80. The molecule has 0 radical (unpaired) electrons. The van der Waals surface area contributed by atoms with Crippen molar-refractivity contribution in [2.45, 2.75) is 62.9 Å². The standard InChI is InChI=1S/C21H24Cl3NO/c1-20(2)18(14-4-3-5-15(22)16(14)23)25(19(20)26)17-12-6-11-7-13(17)10-21(24,8-11)9-12/h3-5,11-13,17-18H,6-10H2,1-2H3/t11?,12-,13+,17?,18?,21?. The molecule has 1 saturated heterocycles. The van der Waals surface area contributed by atoms with Crippen molar-refractivity contribution >= 4 is 40.7 Å². The SMILES string of the molecule is CC1(C)C(=O)N(C2[C@@H]3CC4C[C@H]2CC(Cl)(C4)C3)C1c1cccc(Cl)c1Cl. The highest BCUT2D eigenvalue weighted by molar-refractivity contribution is 6.42. The first kappa shape index (κ1) is 17.6. The number of halogens is 3. The highest BCUT2D eigenvalue weighted by atomic mass is 35.5. The van der Waals surface area contributed by atoms with Crippen LogP contribution < -0.4 is 0 Å². The first-order valence-corrected chi connectivity index (χ1v) is 10.8. The summed E-state index contributed by atoms with van der Waals surface area (Å²) >= 11 is 19.8. The van der Waals surface area contributed by atoms with Gasteiger partial charge in [-0.2, -0.15) is 0 Å². The zero-order valence-electron chi connectivity index (χ0n) is 15.1. The van der Waals surface area contributed by atoms with Crippen molar-refractivity contribution in [1.82, 2.24) is 4.90 Å². The summed E-state index contributed by atoms with van der Waals surface area (Å²) in [5.74, 6) is 2.05. The number of nitrogens with zero attached hydrogens (tertiary/aromatic N) is 1. The van der Waals surface area contributed by atoms with E-state index in [1.807, 2.05) is 32.0 Å². The van der Waals surface area contributed by atoms with Gasteiger partial charge in [-0.3, -0.25) is 4.79 Å². The van der Waals surface area contributed by atoms with Gasteiger partial charge in [0, 0.05) is 10.9 Å². The number of carbonyl (C=O) groups excluding carboxylic acids is 1. The second kappa shape index (κ2) is 5.55. The Morgan fingerprint density at radius 3 is 2.35 bits per heavy atom. The van der Waals surface area contributed by atoms with Crippen LogP contribution in [0.5, 0.6) is 0 Å². The molecule has 2 nitrogen and oxygen atoms in total. The van der Waals surface area contributed by atoms with Crippen molar-refractivity contribution < 1.29 is 4.79 Å². The predicted molar refractivity (Wildman–Crippen MR) is 106 cm³/mol. The molecule has 1 heterocycles. The van der Waals surface area contributed by atoms with Crippen LogP contribution in [0.25, 0.3) is 0 Å². The summed E-state index contributed by atoms with van der Waals surface area (Å²) in [6, 6.07) is 6.07. The van der Waals surface area contributed by atoms with Gasteiger partial charge in [-0.25, -0.2) is 0 Å². The molecule has 5 heteroatoms. The van der Waals surface area contributed by atoms with Gasteiger partial charge in [0.05, 0.1) is 21.5 Å². The number of likely N-dealkylation sites (tertiary alicyclic amines) is 1. The molecule has 140 valence electrons. The summed E-state index contributed by atoms with van der Waals surface area (Å²) in [5.41, 5.74) is 0.542. The van der Waals surface area contributed by atoms with E-state index in [1.54, 1.807) is 0 Å². The smallest absolute Gasteiger partial charge is 0.231 e. The Morgan fingerprint density at radius 2 is 1.73 bits per heavy atom. The molecule has 1 aliphatic heterocycles. The molecule has 5 fully saturated rings. The second-order valence-corrected chi connectivity index (χ2v) is 11.2. The topological polar surface area (TPSA) is 20.3 Å². The van der Waals surface area contributed by atoms with E-state index >= 15 is 0 Å². The fraction of sp³-hybridized carbons (Fsp3) is 0.667. The zero-order valence-corrected chi connectivity index (χ0v) is 17.4. The number of hydrogen-bond donors (Lipinski definition) is 0. The Bertz CT molecular complexity index is 775. The van der Waals surface area contributed by atoms with Crippen LogP contribution in [0.15, 0.2) is 18.2 Å². The van der Waals surface area contributed by atoms with Gasteiger partial charge >= 0.3 is 0 Å². The summed E-state index contributed by atoms with van der Waals surface area (Å²) in [4.78, 5) is 15.3. The lowest BCUT2D eigenvalue weighted by molar-refractivity contribution is -0.190. The van der Waals surface area contributed by atoms with E-state index in [0.717, 1.165) is 30.7 Å². The van der Waals surface area contributed by atoms with Crippen molar-refractivity contribution in [1.29, 1.82) is 0 Å². The van der Waals surface area contributed by atoms with Gasteiger partial charge in [0.2, 0.25) is 5.91 Å². The maximum Gasteiger partial charge on any atom is 0.231 e. The Labute approximate surface area is 170 Å². The van der Waals surface area contributed by atoms with E-state index < -0.39 is 5.41 Å².